The Morgan fingerprint density at radius 2 is 0.943 bits per heavy atom. The van der Waals surface area contributed by atoms with Gasteiger partial charge in [-0.25, -0.2) is 0 Å². The summed E-state index contributed by atoms with van der Waals surface area (Å²) in [6.07, 6.45) is 10.8. The molecule has 0 heterocycles. The Kier molecular flexibility index (Phi) is 8.30. The quantitative estimate of drug-likeness (QED) is 0.389. The minimum absolute atomic E-state index is 0.187. The topological polar surface area (TPSA) is 58.2 Å². The summed E-state index contributed by atoms with van der Waals surface area (Å²) >= 11 is 0. The normalized spacial score (nSPS) is 15.9. The molecule has 2 saturated carbocycles. The van der Waals surface area contributed by atoms with Crippen molar-refractivity contribution < 1.29 is 9.59 Å². The first-order chi connectivity index (χ1) is 17.0. The number of hydrogen-bond donors (Lipinski definition) is 2. The van der Waals surface area contributed by atoms with E-state index in [2.05, 4.69) is 62.6 Å². The van der Waals surface area contributed by atoms with Gasteiger partial charge in [-0.2, -0.15) is 0 Å². The molecule has 0 atom stereocenters. The maximum absolute atomic E-state index is 12.7. The highest BCUT2D eigenvalue weighted by atomic mass is 16.2. The maximum atomic E-state index is 12.7. The van der Waals surface area contributed by atoms with Crippen molar-refractivity contribution in [1.29, 1.82) is 0 Å². The highest BCUT2D eigenvalue weighted by Gasteiger charge is 2.27. The number of rotatable bonds is 10. The first-order valence-electron chi connectivity index (χ1n) is 13.9. The van der Waals surface area contributed by atoms with Crippen LogP contribution in [0.4, 0.5) is 11.4 Å². The van der Waals surface area contributed by atoms with Crippen molar-refractivity contribution in [2.75, 3.05) is 10.6 Å². The van der Waals surface area contributed by atoms with E-state index in [1.807, 2.05) is 0 Å². The van der Waals surface area contributed by atoms with Gasteiger partial charge >= 0.3 is 0 Å². The van der Waals surface area contributed by atoms with E-state index in [1.54, 1.807) is 0 Å². The van der Waals surface area contributed by atoms with Crippen molar-refractivity contribution >= 4 is 23.2 Å². The zero-order valence-corrected chi connectivity index (χ0v) is 22.1. The molecule has 2 fully saturated rings. The highest BCUT2D eigenvalue weighted by Crippen LogP contribution is 2.33. The van der Waals surface area contributed by atoms with Crippen LogP contribution in [0.2, 0.25) is 0 Å². The van der Waals surface area contributed by atoms with Gasteiger partial charge in [0.05, 0.1) is 0 Å². The molecule has 0 aromatic heterocycles. The molecule has 0 saturated heterocycles. The van der Waals surface area contributed by atoms with Crippen LogP contribution in [0.15, 0.2) is 24.3 Å². The number of nitrogens with one attached hydrogen (secondary N) is 2. The molecule has 2 amide bonds. The van der Waals surface area contributed by atoms with Crippen molar-refractivity contribution in [2.24, 2.45) is 11.8 Å². The first-order valence-corrected chi connectivity index (χ1v) is 13.9. The number of anilines is 2. The van der Waals surface area contributed by atoms with Gasteiger partial charge in [-0.3, -0.25) is 9.59 Å². The van der Waals surface area contributed by atoms with E-state index in [0.29, 0.717) is 0 Å². The Bertz CT molecular complexity index is 944. The molecular weight excluding hydrogens is 432 g/mol. The first kappa shape index (κ1) is 25.5. The van der Waals surface area contributed by atoms with Gasteiger partial charge in [-0.15, -0.1) is 0 Å². The molecule has 0 radical (unpaired) electrons. The van der Waals surface area contributed by atoms with Crippen LogP contribution in [0.1, 0.15) is 99.6 Å². The fourth-order valence-corrected chi connectivity index (χ4v) is 5.35. The maximum Gasteiger partial charge on any atom is 0.227 e. The number of amides is 2. The van der Waals surface area contributed by atoms with E-state index >= 15 is 0 Å². The summed E-state index contributed by atoms with van der Waals surface area (Å²) in [4.78, 5) is 25.4. The number of carbonyl (C=O) groups excluding carboxylic acids is 2. The molecule has 0 bridgehead atoms. The van der Waals surface area contributed by atoms with E-state index in [4.69, 9.17) is 0 Å². The Hall–Kier alpha value is -2.62. The zero-order chi connectivity index (χ0) is 24.9. The Labute approximate surface area is 211 Å². The van der Waals surface area contributed by atoms with E-state index in [1.165, 1.54) is 46.2 Å². The summed E-state index contributed by atoms with van der Waals surface area (Å²) < 4.78 is 0. The van der Waals surface area contributed by atoms with Crippen LogP contribution in [0.5, 0.6) is 0 Å². The lowest BCUT2D eigenvalue weighted by molar-refractivity contribution is -0.122. The van der Waals surface area contributed by atoms with Crippen LogP contribution in [0.3, 0.4) is 0 Å². The van der Waals surface area contributed by atoms with Gasteiger partial charge in [0.15, 0.2) is 0 Å². The van der Waals surface area contributed by atoms with Crippen LogP contribution in [-0.2, 0) is 41.7 Å². The Morgan fingerprint density at radius 3 is 1.17 bits per heavy atom. The lowest BCUT2D eigenvalue weighted by atomic mass is 9.84. The predicted molar refractivity (Wildman–Crippen MR) is 145 cm³/mol. The lowest BCUT2D eigenvalue weighted by Crippen LogP contribution is -2.29. The minimum Gasteiger partial charge on any atom is -0.325 e. The molecule has 2 aromatic carbocycles. The second-order valence-electron chi connectivity index (χ2n) is 10.4. The van der Waals surface area contributed by atoms with Gasteiger partial charge in [0.2, 0.25) is 11.8 Å². The fourth-order valence-electron chi connectivity index (χ4n) is 5.35. The summed E-state index contributed by atoms with van der Waals surface area (Å²) in [7, 11) is 0. The monoisotopic (exact) mass is 474 g/mol. The molecule has 4 heteroatoms. The van der Waals surface area contributed by atoms with Crippen molar-refractivity contribution in [3.8, 4) is 0 Å². The largest absolute Gasteiger partial charge is 0.325 e. The van der Waals surface area contributed by atoms with Gasteiger partial charge in [-0.1, -0.05) is 64.8 Å². The van der Waals surface area contributed by atoms with Gasteiger partial charge in [-0.05, 0) is 91.2 Å². The third-order valence-electron chi connectivity index (χ3n) is 8.10. The SMILES string of the molecule is CCc1cc(Cc2cc(CC)c(NC(=O)C3CCC3)c(CC)c2)cc(CC)c1NC(=O)C1CCC1. The van der Waals surface area contributed by atoms with Gasteiger partial charge in [0, 0.05) is 23.2 Å². The second-order valence-corrected chi connectivity index (χ2v) is 10.4. The zero-order valence-electron chi connectivity index (χ0n) is 22.1. The van der Waals surface area contributed by atoms with Crippen LogP contribution in [-0.4, -0.2) is 11.8 Å². The molecular formula is C31H42N2O2. The van der Waals surface area contributed by atoms with Gasteiger partial charge < -0.3 is 10.6 Å². The smallest absolute Gasteiger partial charge is 0.227 e. The molecule has 4 nitrogen and oxygen atoms in total. The third kappa shape index (κ3) is 5.63. The van der Waals surface area contributed by atoms with Crippen LogP contribution in [0, 0.1) is 11.8 Å². The summed E-state index contributed by atoms with van der Waals surface area (Å²) in [6, 6.07) is 9.11. The van der Waals surface area contributed by atoms with E-state index < -0.39 is 0 Å². The molecule has 35 heavy (non-hydrogen) atoms. The fraction of sp³-hybridized carbons (Fsp3) is 0.548. The number of aryl methyl sites for hydroxylation is 4. The van der Waals surface area contributed by atoms with E-state index in [0.717, 1.165) is 69.2 Å². The molecule has 4 rings (SSSR count). The molecule has 0 aliphatic heterocycles. The number of benzene rings is 2. The standard InChI is InChI=1S/C31H42N2O2/c1-5-22-16-20(17-23(6-2)28(22)32-30(34)26-11-9-12-26)15-21-18-24(7-3)29(25(8-4)19-21)33-31(35)27-13-10-14-27/h16-19,26-27H,5-15H2,1-4H3,(H,32,34)(H,33,35). The van der Waals surface area contributed by atoms with Crippen molar-refractivity contribution in [2.45, 2.75) is 98.3 Å². The summed E-state index contributed by atoms with van der Waals surface area (Å²) in [5.41, 5.74) is 9.55. The van der Waals surface area contributed by atoms with Crippen molar-refractivity contribution in [3.63, 3.8) is 0 Å². The van der Waals surface area contributed by atoms with Crippen molar-refractivity contribution in [1.82, 2.24) is 0 Å². The van der Waals surface area contributed by atoms with Crippen LogP contribution >= 0.6 is 0 Å². The van der Waals surface area contributed by atoms with E-state index in [-0.39, 0.29) is 23.7 Å². The van der Waals surface area contributed by atoms with Crippen LogP contribution < -0.4 is 10.6 Å². The average Bonchev–Trinajstić information content (AvgIpc) is 2.77. The van der Waals surface area contributed by atoms with Crippen LogP contribution in [0.25, 0.3) is 0 Å². The molecule has 2 N–H and O–H groups in total. The Balaban J connectivity index is 1.59. The Morgan fingerprint density at radius 1 is 0.629 bits per heavy atom. The third-order valence-corrected chi connectivity index (χ3v) is 8.10. The summed E-state index contributed by atoms with van der Waals surface area (Å²) in [6.45, 7) is 8.67. The van der Waals surface area contributed by atoms with Gasteiger partial charge in [0.1, 0.15) is 0 Å². The molecule has 0 unspecified atom stereocenters. The average molecular weight is 475 g/mol. The lowest BCUT2D eigenvalue weighted by Gasteiger charge is -2.26. The molecule has 2 aliphatic rings. The number of hydrogen-bond acceptors (Lipinski definition) is 2. The molecule has 0 spiro atoms. The van der Waals surface area contributed by atoms with E-state index in [9.17, 15) is 9.59 Å². The minimum atomic E-state index is 0.187. The molecule has 2 aromatic rings. The molecule has 188 valence electrons. The second kappa shape index (κ2) is 11.4. The van der Waals surface area contributed by atoms with Crippen molar-refractivity contribution in [3.05, 3.63) is 57.6 Å². The predicted octanol–water partition coefficient (Wildman–Crippen LogP) is 7.00. The van der Waals surface area contributed by atoms with Gasteiger partial charge in [0.25, 0.3) is 0 Å². The molecule has 2 aliphatic carbocycles. The summed E-state index contributed by atoms with van der Waals surface area (Å²) in [5, 5.41) is 6.55. The summed E-state index contributed by atoms with van der Waals surface area (Å²) in [5.74, 6) is 0.751. The number of carbonyl (C=O) groups is 2. The highest BCUT2D eigenvalue weighted by molar-refractivity contribution is 5.95.